The fourth-order valence-corrected chi connectivity index (χ4v) is 3.88. The van der Waals surface area contributed by atoms with Crippen molar-refractivity contribution in [1.82, 2.24) is 5.32 Å². The molecular weight excluding hydrogens is 322 g/mol. The summed E-state index contributed by atoms with van der Waals surface area (Å²) >= 11 is 3.24. The van der Waals surface area contributed by atoms with E-state index in [0.29, 0.717) is 6.54 Å². The summed E-state index contributed by atoms with van der Waals surface area (Å²) in [6.07, 6.45) is 0. The summed E-state index contributed by atoms with van der Waals surface area (Å²) in [5, 5.41) is 4.98. The zero-order valence-electron chi connectivity index (χ0n) is 12.6. The summed E-state index contributed by atoms with van der Waals surface area (Å²) in [7, 11) is 0. The van der Waals surface area contributed by atoms with Gasteiger partial charge >= 0.3 is 0 Å². The van der Waals surface area contributed by atoms with Crippen LogP contribution in [0.1, 0.15) is 9.67 Å². The van der Waals surface area contributed by atoms with Crippen LogP contribution in [0.2, 0.25) is 0 Å². The molecule has 23 heavy (non-hydrogen) atoms. The molecule has 3 rings (SSSR count). The van der Waals surface area contributed by atoms with E-state index in [0.717, 1.165) is 21.8 Å². The Balaban J connectivity index is 1.56. The molecule has 116 valence electrons. The lowest BCUT2D eigenvalue weighted by molar-refractivity contribution is 0.0961. The van der Waals surface area contributed by atoms with Crippen LogP contribution in [0.25, 0.3) is 11.1 Å². The minimum atomic E-state index is 0.00696. The largest absolute Gasteiger partial charge is 0.350 e. The van der Waals surface area contributed by atoms with Gasteiger partial charge in [0.2, 0.25) is 0 Å². The number of hydrogen-bond acceptors (Lipinski definition) is 3. The molecule has 0 spiro atoms. The van der Waals surface area contributed by atoms with Crippen LogP contribution in [0.4, 0.5) is 0 Å². The third kappa shape index (κ3) is 4.24. The number of carbonyl (C=O) groups excluding carboxylic acids is 1. The molecule has 0 aliphatic rings. The predicted octanol–water partition coefficient (Wildman–Crippen LogP) is 4.94. The second-order valence-electron chi connectivity index (χ2n) is 4.95. The van der Waals surface area contributed by atoms with Gasteiger partial charge in [-0.15, -0.1) is 23.1 Å². The second-order valence-corrected chi connectivity index (χ2v) is 7.03. The molecule has 0 radical (unpaired) electrons. The molecule has 0 bridgehead atoms. The van der Waals surface area contributed by atoms with Crippen molar-refractivity contribution in [2.75, 3.05) is 12.3 Å². The number of thioether (sulfide) groups is 1. The Morgan fingerprint density at radius 1 is 0.957 bits per heavy atom. The van der Waals surface area contributed by atoms with Crippen LogP contribution >= 0.6 is 23.1 Å². The Kier molecular flexibility index (Phi) is 5.51. The average molecular weight is 339 g/mol. The zero-order valence-corrected chi connectivity index (χ0v) is 14.2. The third-order valence-electron chi connectivity index (χ3n) is 3.36. The van der Waals surface area contributed by atoms with Gasteiger partial charge < -0.3 is 5.32 Å². The SMILES string of the molecule is O=C(NCCSc1ccccc1)c1sccc1-c1ccccc1. The van der Waals surface area contributed by atoms with Crippen LogP contribution in [-0.4, -0.2) is 18.2 Å². The third-order valence-corrected chi connectivity index (χ3v) is 5.28. The maximum absolute atomic E-state index is 12.4. The highest BCUT2D eigenvalue weighted by molar-refractivity contribution is 7.99. The Morgan fingerprint density at radius 2 is 1.65 bits per heavy atom. The van der Waals surface area contributed by atoms with Crippen LogP contribution in [0.15, 0.2) is 77.0 Å². The van der Waals surface area contributed by atoms with Crippen molar-refractivity contribution < 1.29 is 4.79 Å². The standard InChI is InChI=1S/C19H17NOS2/c21-19(20-12-14-22-16-9-5-2-6-10-16)18-17(11-13-23-18)15-7-3-1-4-8-15/h1-11,13H,12,14H2,(H,20,21). The van der Waals surface area contributed by atoms with E-state index in [1.165, 1.54) is 16.2 Å². The molecule has 0 aliphatic heterocycles. The monoisotopic (exact) mass is 339 g/mol. The van der Waals surface area contributed by atoms with Gasteiger partial charge in [0.1, 0.15) is 0 Å². The summed E-state index contributed by atoms with van der Waals surface area (Å²) in [5.41, 5.74) is 2.08. The second kappa shape index (κ2) is 7.99. The van der Waals surface area contributed by atoms with Gasteiger partial charge in [0, 0.05) is 22.8 Å². The smallest absolute Gasteiger partial charge is 0.262 e. The van der Waals surface area contributed by atoms with Crippen LogP contribution in [0.3, 0.4) is 0 Å². The summed E-state index contributed by atoms with van der Waals surface area (Å²) in [6.45, 7) is 0.657. The van der Waals surface area contributed by atoms with Crippen molar-refractivity contribution in [1.29, 1.82) is 0 Å². The van der Waals surface area contributed by atoms with Crippen molar-refractivity contribution in [3.63, 3.8) is 0 Å². The fourth-order valence-electron chi connectivity index (χ4n) is 2.26. The Labute approximate surface area is 144 Å². The molecule has 1 N–H and O–H groups in total. The van der Waals surface area contributed by atoms with Gasteiger partial charge in [-0.3, -0.25) is 4.79 Å². The predicted molar refractivity (Wildman–Crippen MR) is 99.3 cm³/mol. The lowest BCUT2D eigenvalue weighted by Crippen LogP contribution is -2.25. The normalized spacial score (nSPS) is 10.4. The average Bonchev–Trinajstić information content (AvgIpc) is 3.10. The summed E-state index contributed by atoms with van der Waals surface area (Å²) in [6, 6.07) is 22.3. The Morgan fingerprint density at radius 3 is 2.39 bits per heavy atom. The molecule has 4 heteroatoms. The summed E-state index contributed by atoms with van der Waals surface area (Å²) < 4.78 is 0. The number of benzene rings is 2. The first kappa shape index (κ1) is 15.8. The number of nitrogens with one attached hydrogen (secondary N) is 1. The number of rotatable bonds is 6. The molecular formula is C19H17NOS2. The van der Waals surface area contributed by atoms with Crippen molar-refractivity contribution in [2.24, 2.45) is 0 Å². The number of hydrogen-bond donors (Lipinski definition) is 1. The van der Waals surface area contributed by atoms with Gasteiger partial charge in [0.25, 0.3) is 5.91 Å². The van der Waals surface area contributed by atoms with Gasteiger partial charge in [-0.25, -0.2) is 0 Å². The van der Waals surface area contributed by atoms with Crippen molar-refractivity contribution >= 4 is 29.0 Å². The van der Waals surface area contributed by atoms with Crippen molar-refractivity contribution in [3.05, 3.63) is 77.0 Å². The highest BCUT2D eigenvalue weighted by Gasteiger charge is 2.13. The van der Waals surface area contributed by atoms with E-state index in [1.807, 2.05) is 60.0 Å². The van der Waals surface area contributed by atoms with E-state index in [2.05, 4.69) is 17.4 Å². The lowest BCUT2D eigenvalue weighted by Gasteiger charge is -2.06. The van der Waals surface area contributed by atoms with Crippen LogP contribution in [-0.2, 0) is 0 Å². The number of amides is 1. The van der Waals surface area contributed by atoms with Crippen LogP contribution in [0, 0.1) is 0 Å². The topological polar surface area (TPSA) is 29.1 Å². The maximum Gasteiger partial charge on any atom is 0.262 e. The molecule has 3 aromatic rings. The Bertz CT molecular complexity index is 753. The molecule has 0 unspecified atom stereocenters. The molecule has 0 saturated heterocycles. The van der Waals surface area contributed by atoms with Gasteiger partial charge in [-0.05, 0) is 29.1 Å². The molecule has 0 saturated carbocycles. The lowest BCUT2D eigenvalue weighted by atomic mass is 10.1. The maximum atomic E-state index is 12.4. The van der Waals surface area contributed by atoms with E-state index < -0.39 is 0 Å². The van der Waals surface area contributed by atoms with E-state index >= 15 is 0 Å². The van der Waals surface area contributed by atoms with Crippen LogP contribution in [0.5, 0.6) is 0 Å². The number of carbonyl (C=O) groups is 1. The number of thiophene rings is 1. The van der Waals surface area contributed by atoms with E-state index in [1.54, 1.807) is 11.8 Å². The Hall–Kier alpha value is -2.04. The van der Waals surface area contributed by atoms with Crippen molar-refractivity contribution in [2.45, 2.75) is 4.90 Å². The van der Waals surface area contributed by atoms with E-state index in [4.69, 9.17) is 0 Å². The first-order valence-corrected chi connectivity index (χ1v) is 9.30. The molecule has 1 aromatic heterocycles. The molecule has 2 aromatic carbocycles. The fraction of sp³-hybridized carbons (Fsp3) is 0.105. The molecule has 1 heterocycles. The van der Waals surface area contributed by atoms with E-state index in [-0.39, 0.29) is 5.91 Å². The van der Waals surface area contributed by atoms with E-state index in [9.17, 15) is 4.79 Å². The quantitative estimate of drug-likeness (QED) is 0.509. The minimum Gasteiger partial charge on any atom is -0.350 e. The highest BCUT2D eigenvalue weighted by atomic mass is 32.2. The molecule has 0 fully saturated rings. The van der Waals surface area contributed by atoms with Gasteiger partial charge in [0.05, 0.1) is 4.88 Å². The van der Waals surface area contributed by atoms with Gasteiger partial charge in [0.15, 0.2) is 0 Å². The summed E-state index contributed by atoms with van der Waals surface area (Å²) in [5.74, 6) is 0.870. The molecule has 1 amide bonds. The summed E-state index contributed by atoms with van der Waals surface area (Å²) in [4.78, 5) is 14.4. The molecule has 0 aliphatic carbocycles. The first-order chi connectivity index (χ1) is 11.3. The van der Waals surface area contributed by atoms with Gasteiger partial charge in [-0.2, -0.15) is 0 Å². The van der Waals surface area contributed by atoms with Gasteiger partial charge in [-0.1, -0.05) is 48.5 Å². The first-order valence-electron chi connectivity index (χ1n) is 7.43. The molecule has 2 nitrogen and oxygen atoms in total. The zero-order chi connectivity index (χ0) is 15.9. The van der Waals surface area contributed by atoms with Crippen LogP contribution < -0.4 is 5.32 Å². The highest BCUT2D eigenvalue weighted by Crippen LogP contribution is 2.28. The molecule has 0 atom stereocenters. The minimum absolute atomic E-state index is 0.00696. The van der Waals surface area contributed by atoms with Crippen molar-refractivity contribution in [3.8, 4) is 11.1 Å².